The van der Waals surface area contributed by atoms with Crippen LogP contribution in [0.2, 0.25) is 0 Å². The molecule has 0 spiro atoms. The molecule has 0 aromatic carbocycles. The second kappa shape index (κ2) is 5.22. The summed E-state index contributed by atoms with van der Waals surface area (Å²) < 4.78 is 22.3. The zero-order chi connectivity index (χ0) is 10.5. The molecule has 0 aliphatic rings. The van der Waals surface area contributed by atoms with Gasteiger partial charge in [-0.1, -0.05) is 0 Å². The highest BCUT2D eigenvalue weighted by Crippen LogP contribution is 2.08. The molecule has 0 saturated heterocycles. The molecule has 0 amide bonds. The van der Waals surface area contributed by atoms with Gasteiger partial charge in [-0.15, -0.1) is 12.3 Å². The number of hydrogen-bond acceptors (Lipinski definition) is 4. The minimum absolute atomic E-state index is 0.272. The molecular weight excluding hydrogens is 188 g/mol. The maximum atomic E-state index is 11.1. The first-order valence-electron chi connectivity index (χ1n) is 4.02. The summed E-state index contributed by atoms with van der Waals surface area (Å²) in [5.74, 6) is 7.68. The summed E-state index contributed by atoms with van der Waals surface area (Å²) in [5, 5.41) is -0.508. The Bertz CT molecular complexity index is 279. The van der Waals surface area contributed by atoms with E-state index in [1.165, 1.54) is 6.26 Å². The molecule has 2 unspecified atom stereocenters. The van der Waals surface area contributed by atoms with Crippen molar-refractivity contribution in [1.82, 2.24) is 5.43 Å². The Hall–Kier alpha value is -0.570. The molecule has 0 aromatic heterocycles. The quantitative estimate of drug-likeness (QED) is 0.365. The van der Waals surface area contributed by atoms with E-state index in [0.29, 0.717) is 12.8 Å². The topological polar surface area (TPSA) is 72.2 Å². The van der Waals surface area contributed by atoms with Crippen molar-refractivity contribution in [1.29, 1.82) is 0 Å². The van der Waals surface area contributed by atoms with E-state index in [4.69, 9.17) is 12.3 Å². The van der Waals surface area contributed by atoms with Gasteiger partial charge in [-0.05, 0) is 13.3 Å². The molecular formula is C8H16N2O2S. The maximum absolute atomic E-state index is 11.1. The molecule has 4 nitrogen and oxygen atoms in total. The van der Waals surface area contributed by atoms with Crippen LogP contribution in [0.1, 0.15) is 19.8 Å². The predicted molar refractivity (Wildman–Crippen MR) is 53.5 cm³/mol. The van der Waals surface area contributed by atoms with Crippen LogP contribution in [-0.2, 0) is 9.84 Å². The second-order valence-electron chi connectivity index (χ2n) is 3.05. The Morgan fingerprint density at radius 3 is 2.46 bits per heavy atom. The molecule has 0 aliphatic carbocycles. The van der Waals surface area contributed by atoms with Crippen LogP contribution in [-0.4, -0.2) is 26.0 Å². The lowest BCUT2D eigenvalue weighted by Crippen LogP contribution is -2.45. The molecule has 0 bridgehead atoms. The van der Waals surface area contributed by atoms with Crippen molar-refractivity contribution < 1.29 is 8.42 Å². The van der Waals surface area contributed by atoms with Crippen molar-refractivity contribution in [3.8, 4) is 12.3 Å². The van der Waals surface area contributed by atoms with Gasteiger partial charge in [0, 0.05) is 18.7 Å². The van der Waals surface area contributed by atoms with Crippen molar-refractivity contribution >= 4 is 9.84 Å². The standard InChI is InChI=1S/C8H16N2O2S/c1-4-5-6-8(10-9)7(2)13(3,11)12/h1,7-8,10H,5-6,9H2,2-3H3. The smallest absolute Gasteiger partial charge is 0.151 e. The molecule has 0 aromatic rings. The number of nitrogens with two attached hydrogens (primary N) is 1. The molecule has 13 heavy (non-hydrogen) atoms. The summed E-state index contributed by atoms with van der Waals surface area (Å²) in [7, 11) is -3.06. The van der Waals surface area contributed by atoms with Crippen LogP contribution in [0, 0.1) is 12.3 Å². The average Bonchev–Trinajstić information content (AvgIpc) is 2.04. The van der Waals surface area contributed by atoms with Crippen LogP contribution >= 0.6 is 0 Å². The Kier molecular flexibility index (Phi) is 4.99. The van der Waals surface area contributed by atoms with Crippen LogP contribution in [0.4, 0.5) is 0 Å². The predicted octanol–water partition coefficient (Wildman–Crippen LogP) is -0.335. The van der Waals surface area contributed by atoms with E-state index >= 15 is 0 Å². The molecule has 0 heterocycles. The minimum Gasteiger partial charge on any atom is -0.271 e. The normalized spacial score (nSPS) is 16.2. The number of hydrazine groups is 1. The third-order valence-corrected chi connectivity index (χ3v) is 3.73. The average molecular weight is 204 g/mol. The zero-order valence-electron chi connectivity index (χ0n) is 7.95. The van der Waals surface area contributed by atoms with Gasteiger partial charge in [0.1, 0.15) is 0 Å². The first kappa shape index (κ1) is 12.4. The van der Waals surface area contributed by atoms with Gasteiger partial charge in [0.15, 0.2) is 9.84 Å². The molecule has 3 N–H and O–H groups in total. The van der Waals surface area contributed by atoms with E-state index in [0.717, 1.165) is 0 Å². The minimum atomic E-state index is -3.06. The van der Waals surface area contributed by atoms with Crippen LogP contribution in [0.3, 0.4) is 0 Å². The molecule has 2 atom stereocenters. The zero-order valence-corrected chi connectivity index (χ0v) is 8.76. The number of sulfone groups is 1. The van der Waals surface area contributed by atoms with E-state index in [2.05, 4.69) is 11.3 Å². The molecule has 0 aliphatic heterocycles. The number of nitrogens with one attached hydrogen (secondary N) is 1. The third kappa shape index (κ3) is 4.27. The lowest BCUT2D eigenvalue weighted by molar-refractivity contribution is 0.475. The van der Waals surface area contributed by atoms with Crippen LogP contribution in [0.25, 0.3) is 0 Å². The molecule has 0 fully saturated rings. The highest BCUT2D eigenvalue weighted by molar-refractivity contribution is 7.91. The van der Waals surface area contributed by atoms with E-state index in [-0.39, 0.29) is 6.04 Å². The van der Waals surface area contributed by atoms with Gasteiger partial charge in [-0.25, -0.2) is 8.42 Å². The SMILES string of the molecule is C#CCCC(NN)C(C)S(C)(=O)=O. The molecule has 5 heteroatoms. The van der Waals surface area contributed by atoms with Crippen molar-refractivity contribution in [3.63, 3.8) is 0 Å². The van der Waals surface area contributed by atoms with Gasteiger partial charge in [-0.3, -0.25) is 11.3 Å². The Morgan fingerprint density at radius 2 is 2.15 bits per heavy atom. The van der Waals surface area contributed by atoms with Crippen molar-refractivity contribution in [2.75, 3.05) is 6.26 Å². The van der Waals surface area contributed by atoms with Crippen molar-refractivity contribution in [2.24, 2.45) is 5.84 Å². The van der Waals surface area contributed by atoms with Crippen molar-refractivity contribution in [2.45, 2.75) is 31.1 Å². The van der Waals surface area contributed by atoms with Crippen LogP contribution < -0.4 is 11.3 Å². The molecule has 0 saturated carbocycles. The summed E-state index contributed by atoms with van der Waals surface area (Å²) in [6, 6.07) is -0.272. The molecule has 76 valence electrons. The lowest BCUT2D eigenvalue weighted by Gasteiger charge is -2.20. The number of terminal acetylenes is 1. The second-order valence-corrected chi connectivity index (χ2v) is 5.45. The fraction of sp³-hybridized carbons (Fsp3) is 0.750. The van der Waals surface area contributed by atoms with Crippen molar-refractivity contribution in [3.05, 3.63) is 0 Å². The van der Waals surface area contributed by atoms with E-state index in [1.807, 2.05) is 0 Å². The maximum Gasteiger partial charge on any atom is 0.151 e. The monoisotopic (exact) mass is 204 g/mol. The highest BCUT2D eigenvalue weighted by Gasteiger charge is 2.24. The fourth-order valence-corrected chi connectivity index (χ4v) is 1.80. The summed E-state index contributed by atoms with van der Waals surface area (Å²) >= 11 is 0. The third-order valence-electron chi connectivity index (χ3n) is 2.06. The largest absolute Gasteiger partial charge is 0.271 e. The van der Waals surface area contributed by atoms with Gasteiger partial charge in [-0.2, -0.15) is 0 Å². The Morgan fingerprint density at radius 1 is 1.62 bits per heavy atom. The van der Waals surface area contributed by atoms with E-state index < -0.39 is 15.1 Å². The molecule has 0 radical (unpaired) electrons. The summed E-state index contributed by atoms with van der Waals surface area (Å²) in [4.78, 5) is 0. The van der Waals surface area contributed by atoms with Gasteiger partial charge in [0.25, 0.3) is 0 Å². The number of hydrogen-bond donors (Lipinski definition) is 2. The van der Waals surface area contributed by atoms with Crippen LogP contribution in [0.5, 0.6) is 0 Å². The first-order chi connectivity index (χ1) is 5.93. The molecule has 0 rings (SSSR count). The Balaban J connectivity index is 4.34. The van der Waals surface area contributed by atoms with Gasteiger partial charge in [0.05, 0.1) is 5.25 Å². The summed E-state index contributed by atoms with van der Waals surface area (Å²) in [6.07, 6.45) is 7.36. The van der Waals surface area contributed by atoms with E-state index in [9.17, 15) is 8.42 Å². The first-order valence-corrected chi connectivity index (χ1v) is 5.97. The van der Waals surface area contributed by atoms with E-state index in [1.54, 1.807) is 6.92 Å². The fourth-order valence-electron chi connectivity index (χ4n) is 0.991. The Labute approximate surface area is 79.8 Å². The lowest BCUT2D eigenvalue weighted by atomic mass is 10.1. The van der Waals surface area contributed by atoms with Crippen LogP contribution in [0.15, 0.2) is 0 Å². The van der Waals surface area contributed by atoms with Gasteiger partial charge in [0.2, 0.25) is 0 Å². The van der Waals surface area contributed by atoms with Gasteiger partial charge < -0.3 is 0 Å². The number of rotatable bonds is 5. The summed E-state index contributed by atoms with van der Waals surface area (Å²) in [5.41, 5.74) is 2.47. The highest BCUT2D eigenvalue weighted by atomic mass is 32.2. The summed E-state index contributed by atoms with van der Waals surface area (Å²) in [6.45, 7) is 1.62. The van der Waals surface area contributed by atoms with Gasteiger partial charge >= 0.3 is 0 Å².